The number of pyridine rings is 3. The smallest absolute Gasteiger partial charge is 0.412 e. The summed E-state index contributed by atoms with van der Waals surface area (Å²) >= 11 is 0. The van der Waals surface area contributed by atoms with Gasteiger partial charge in [-0.25, -0.2) is 65.7 Å². The van der Waals surface area contributed by atoms with Crippen molar-refractivity contribution in [2.75, 3.05) is 37.3 Å². The Morgan fingerprint density at radius 1 is 0.401 bits per heavy atom. The van der Waals surface area contributed by atoms with Gasteiger partial charge < -0.3 is 73.0 Å². The largest absolute Gasteiger partial charge is 0.467 e. The van der Waals surface area contributed by atoms with Gasteiger partial charge in [-0.3, -0.25) is 42.5 Å². The molecule has 724 valence electrons. The van der Waals surface area contributed by atoms with Gasteiger partial charge >= 0.3 is 53.5 Å². The molecule has 0 unspecified atom stereocenters. The minimum absolute atomic E-state index is 0.138. The van der Waals surface area contributed by atoms with Gasteiger partial charge in [0.1, 0.15) is 87.8 Å². The highest BCUT2D eigenvalue weighted by molar-refractivity contribution is 5.99. The first-order valence-corrected chi connectivity index (χ1v) is 41.1. The third kappa shape index (κ3) is 21.7. The Morgan fingerprint density at radius 3 is 1.21 bits per heavy atom. The van der Waals surface area contributed by atoms with Crippen LogP contribution in [0.3, 0.4) is 0 Å². The normalized spacial score (nSPS) is 13.0. The van der Waals surface area contributed by atoms with Crippen LogP contribution in [-0.4, -0.2) is 161 Å². The number of nitrogens with one attached hydrogen (secondary N) is 6. The van der Waals surface area contributed by atoms with Crippen LogP contribution in [0, 0.1) is 42.9 Å². The van der Waals surface area contributed by atoms with Crippen LogP contribution in [0.1, 0.15) is 97.8 Å². The Hall–Kier alpha value is -15.8. The number of halogens is 14. The van der Waals surface area contributed by atoms with E-state index in [0.29, 0.717) is 80.7 Å². The van der Waals surface area contributed by atoms with Crippen molar-refractivity contribution in [3.05, 3.63) is 295 Å². The third-order valence-corrected chi connectivity index (χ3v) is 22.5. The van der Waals surface area contributed by atoms with Crippen LogP contribution in [0.25, 0.3) is 50.3 Å². The molecule has 0 aliphatic carbocycles. The molecule has 0 spiro atoms. The Balaban J connectivity index is 0.000000197. The van der Waals surface area contributed by atoms with Crippen LogP contribution in [0.15, 0.2) is 181 Å². The minimum atomic E-state index is -4.83. The van der Waals surface area contributed by atoms with E-state index in [1.165, 1.54) is 147 Å². The number of hydrogen-bond acceptors (Lipinski definition) is 21. The number of esters is 3. The molecule has 13 rings (SSSR count). The number of amides is 3. The Morgan fingerprint density at radius 2 is 0.796 bits per heavy atom. The van der Waals surface area contributed by atoms with Gasteiger partial charge in [-0.1, -0.05) is 44.2 Å². The van der Waals surface area contributed by atoms with Crippen LogP contribution >= 0.6 is 0 Å². The van der Waals surface area contributed by atoms with E-state index in [1.54, 1.807) is 60.2 Å². The number of aromatic nitrogens is 12. The number of nitrogens with zero attached hydrogens (tertiary/aromatic N) is 12. The molecule has 6 atom stereocenters. The number of hydrogen-bond donors (Lipinski definition) is 6. The molecule has 0 radical (unpaired) electrons. The Kier molecular flexibility index (Phi) is 30.7. The first-order chi connectivity index (χ1) is 64.5. The third-order valence-electron chi connectivity index (χ3n) is 22.5. The minimum Gasteiger partial charge on any atom is -0.467 e. The highest BCUT2D eigenvalue weighted by atomic mass is 19.4. The molecule has 0 aliphatic heterocycles. The summed E-state index contributed by atoms with van der Waals surface area (Å²) in [6.07, 6.45) is -5.17. The van der Waals surface area contributed by atoms with Crippen molar-refractivity contribution in [3.63, 3.8) is 0 Å². The quantitative estimate of drug-likeness (QED) is 0.0158. The van der Waals surface area contributed by atoms with E-state index in [0.717, 1.165) is 53.2 Å². The lowest BCUT2D eigenvalue weighted by atomic mass is 10.0. The average molecular weight is 1930 g/mol. The summed E-state index contributed by atoms with van der Waals surface area (Å²) in [6, 6.07) is 10.4. The second kappa shape index (κ2) is 41.4. The number of alkyl halides is 9. The van der Waals surface area contributed by atoms with E-state index in [-0.39, 0.29) is 59.3 Å². The molecule has 13 aromatic rings. The zero-order chi connectivity index (χ0) is 101. The van der Waals surface area contributed by atoms with E-state index in [2.05, 4.69) is 41.5 Å². The molecular weight excluding hydrogens is 1840 g/mol. The molecule has 0 saturated carbocycles. The number of anilines is 3. The van der Waals surface area contributed by atoms with E-state index < -0.39 is 188 Å². The SMILES string of the molecule is CC[C@@H](Nc1cc(F)c(C(=O)N[C@@H](Cc2ccc(-c3c(C)n(C)c(=O)n(C)c3=O)c3nccn23)C(=O)OC)cc1F)C(F)(F)F.CC[C@@H](Nc1ccc(C(=O)N[C@@H](Cc2ccc(-c3c(C)n(C)c(=O)n(C)c3=O)c3nccn23)C(=O)OC)c(F)c1)C(F)(F)F.COC(=O)[C@H](Cc1ccc(-c2cn(C)c(=O)n(C)c2=O)c2nccn12)NC(=O)c1c(F)cc(N[C@H](c2ccccc2)C(F)(F)F)cc1F. The van der Waals surface area contributed by atoms with Crippen molar-refractivity contribution >= 4 is 69.6 Å². The maximum atomic E-state index is 15.2. The number of benzene rings is 4. The molecule has 47 heteroatoms. The van der Waals surface area contributed by atoms with Crippen molar-refractivity contribution in [1.82, 2.24) is 71.5 Å². The highest BCUT2D eigenvalue weighted by Crippen LogP contribution is 2.38. The van der Waals surface area contributed by atoms with Gasteiger partial charge in [-0.2, -0.15) is 39.5 Å². The predicted octanol–water partition coefficient (Wildman–Crippen LogP) is 10.3. The van der Waals surface area contributed by atoms with Gasteiger partial charge in [-0.05, 0) is 105 Å². The van der Waals surface area contributed by atoms with Gasteiger partial charge in [0.15, 0.2) is 0 Å². The Labute approximate surface area is 764 Å². The number of methoxy groups -OCH3 is 3. The maximum absolute atomic E-state index is 15.2. The van der Waals surface area contributed by atoms with Gasteiger partial charge in [0, 0.05) is 168 Å². The van der Waals surface area contributed by atoms with E-state index in [1.807, 2.05) is 5.32 Å². The summed E-state index contributed by atoms with van der Waals surface area (Å²) in [5.74, 6) is -13.0. The number of carbonyl (C=O) groups excluding carboxylic acids is 6. The monoisotopic (exact) mass is 1920 g/mol. The lowest BCUT2D eigenvalue weighted by Gasteiger charge is -2.23. The first kappa shape index (κ1) is 102. The van der Waals surface area contributed by atoms with E-state index >= 15 is 8.78 Å². The van der Waals surface area contributed by atoms with E-state index in [4.69, 9.17) is 14.2 Å². The van der Waals surface area contributed by atoms with Crippen molar-refractivity contribution in [1.29, 1.82) is 0 Å². The molecule has 33 nitrogen and oxygen atoms in total. The van der Waals surface area contributed by atoms with Gasteiger partial charge in [0.05, 0.1) is 54.8 Å². The fourth-order valence-electron chi connectivity index (χ4n) is 15.0. The van der Waals surface area contributed by atoms with Crippen LogP contribution in [0.2, 0.25) is 0 Å². The van der Waals surface area contributed by atoms with Crippen molar-refractivity contribution < 1.29 is 104 Å². The summed E-state index contributed by atoms with van der Waals surface area (Å²) in [5, 5.41) is 13.1. The summed E-state index contributed by atoms with van der Waals surface area (Å²) in [6.45, 7) is 5.78. The standard InChI is InChI=1S/C32H27F5N6O5.C29H29F5N6O5.C29H30F4N6O5/c1-41-16-21(29(45)42(2)31(41)47)20-10-9-19(43-12-11-38-27(20)43)15-24(30(46)48-3)40-28(44)25-22(33)13-18(14-23(25)34)39-26(32(35,36)37)17-7-5-4-6-8-17;1-6-22(29(32,33)34)36-20-13-18(30)17(12-19(20)31)25(41)37-21(27(43)45-5)11-15-7-8-16(24-35-9-10-40(15)24)23-14(2)38(3)28(44)39(4)26(23)42;1-6-22(29(31,32)33)35-16-7-9-18(20(30)13-16)25(40)36-21(27(42)44-5)14-17-8-10-19(24-34-11-12-39(17)24)23-15(2)37(3)28(43)38(4)26(23)41/h4-14,16,24,26,39H,15H2,1-3H3,(H,40,44);7-10,12-13,21-22,36H,6,11H2,1-5H3,(H,37,41);7-13,21-22,35H,6,14H2,1-5H3,(H,36,40)/t24-,26+;2*21-,22+/m000/s1. The van der Waals surface area contributed by atoms with Gasteiger partial charge in [-0.15, -0.1) is 0 Å². The average Bonchev–Trinajstić information content (AvgIpc) is 1.75. The first-order valence-electron chi connectivity index (χ1n) is 41.1. The number of imidazole rings is 3. The molecule has 4 aromatic carbocycles. The number of aryl methyl sites for hydroxylation is 1. The molecule has 6 N–H and O–H groups in total. The van der Waals surface area contributed by atoms with E-state index in [9.17, 15) is 110 Å². The van der Waals surface area contributed by atoms with Crippen LogP contribution in [0.5, 0.6) is 0 Å². The van der Waals surface area contributed by atoms with Crippen molar-refractivity contribution in [2.24, 2.45) is 42.3 Å². The molecular formula is C90H86F14N18O15. The summed E-state index contributed by atoms with van der Waals surface area (Å²) in [7, 11) is 11.8. The lowest BCUT2D eigenvalue weighted by molar-refractivity contribution is -0.144. The molecule has 9 aromatic heterocycles. The van der Waals surface area contributed by atoms with Gasteiger partial charge in [0.2, 0.25) is 0 Å². The molecule has 3 amide bonds. The molecule has 9 heterocycles. The van der Waals surface area contributed by atoms with Gasteiger partial charge in [0.25, 0.3) is 34.4 Å². The van der Waals surface area contributed by atoms with Crippen molar-refractivity contribution in [2.45, 2.75) is 115 Å². The second-order valence-electron chi connectivity index (χ2n) is 31.1. The zero-order valence-electron chi connectivity index (χ0n) is 74.7. The fourth-order valence-corrected chi connectivity index (χ4v) is 15.0. The highest BCUT2D eigenvalue weighted by Gasteiger charge is 2.43. The predicted molar refractivity (Wildman–Crippen MR) is 469 cm³/mol. The molecule has 0 saturated heterocycles. The number of rotatable bonds is 27. The lowest BCUT2D eigenvalue weighted by Crippen LogP contribution is -2.44. The molecule has 0 fully saturated rings. The molecule has 0 aliphatic rings. The molecule has 0 bridgehead atoms. The summed E-state index contributed by atoms with van der Waals surface area (Å²) in [5.41, 5.74) is -2.64. The zero-order valence-corrected chi connectivity index (χ0v) is 74.7. The van der Waals surface area contributed by atoms with Crippen LogP contribution in [0.4, 0.5) is 78.5 Å². The summed E-state index contributed by atoms with van der Waals surface area (Å²) < 4.78 is 221. The summed E-state index contributed by atoms with van der Waals surface area (Å²) in [4.78, 5) is 166. The number of fused-ring (bicyclic) bond motifs is 3. The van der Waals surface area contributed by atoms with Crippen LogP contribution < -0.4 is 65.6 Å². The second-order valence-corrected chi connectivity index (χ2v) is 31.1. The topological polar surface area (TPSA) is 386 Å². The van der Waals surface area contributed by atoms with Crippen LogP contribution in [-0.2, 0) is 90.1 Å². The maximum Gasteiger partial charge on any atom is 0.412 e. The molecule has 137 heavy (non-hydrogen) atoms. The number of carbonyl (C=O) groups is 6. The fraction of sp³-hybridized carbons (Fsp3) is 0.300. The van der Waals surface area contributed by atoms with Crippen molar-refractivity contribution in [3.8, 4) is 33.4 Å². The number of ether oxygens (including phenoxy) is 3. The Bertz CT molecular complexity index is 7230.